The van der Waals surface area contributed by atoms with Crippen molar-refractivity contribution in [1.82, 2.24) is 24.1 Å². The highest BCUT2D eigenvalue weighted by molar-refractivity contribution is 6.17. The van der Waals surface area contributed by atoms with Crippen LogP contribution in [0.2, 0.25) is 0 Å². The topological polar surface area (TPSA) is 61.7 Å². The second-order valence-electron chi connectivity index (χ2n) is 21.1. The van der Waals surface area contributed by atoms with E-state index in [1.165, 1.54) is 43.3 Å². The lowest BCUT2D eigenvalue weighted by molar-refractivity contribution is 0.668. The lowest BCUT2D eigenvalue weighted by Gasteiger charge is -2.16. The number of hydrogen-bond acceptors (Lipinski definition) is 4. The van der Waals surface area contributed by atoms with E-state index < -0.39 is 0 Å². The number of furan rings is 1. The van der Waals surface area contributed by atoms with Crippen LogP contribution in [0.15, 0.2) is 277 Å². The summed E-state index contributed by atoms with van der Waals surface area (Å²) in [6.45, 7) is 0. The number of hydrogen-bond donors (Lipinski definition) is 0. The van der Waals surface area contributed by atoms with Crippen molar-refractivity contribution >= 4 is 97.9 Å². The van der Waals surface area contributed by atoms with Crippen molar-refractivity contribution in [3.05, 3.63) is 273 Å². The first-order chi connectivity index (χ1) is 40.1. The van der Waals surface area contributed by atoms with E-state index in [4.69, 9.17) is 19.4 Å². The molecule has 6 heteroatoms. The lowest BCUT2D eigenvalue weighted by atomic mass is 9.94. The highest BCUT2D eigenvalue weighted by atomic mass is 16.3. The van der Waals surface area contributed by atoms with Gasteiger partial charge in [-0.2, -0.15) is 0 Å². The number of benzene rings is 13. The smallest absolute Gasteiger partial charge is 0.164 e. The number of aromatic nitrogens is 5. The monoisotopic (exact) mass is 1030 g/mol. The maximum Gasteiger partial charge on any atom is 0.164 e. The van der Waals surface area contributed by atoms with E-state index in [-0.39, 0.29) is 0 Å². The average Bonchev–Trinajstić information content (AvgIpc) is 4.14. The zero-order chi connectivity index (χ0) is 53.1. The van der Waals surface area contributed by atoms with Crippen LogP contribution < -0.4 is 0 Å². The Morgan fingerprint density at radius 2 is 0.790 bits per heavy atom. The second kappa shape index (κ2) is 17.8. The van der Waals surface area contributed by atoms with Crippen molar-refractivity contribution in [1.29, 1.82) is 0 Å². The highest BCUT2D eigenvalue weighted by Gasteiger charge is 2.24. The van der Waals surface area contributed by atoms with E-state index in [0.717, 1.165) is 105 Å². The summed E-state index contributed by atoms with van der Waals surface area (Å²) in [4.78, 5) is 16.2. The van der Waals surface area contributed by atoms with E-state index in [9.17, 15) is 0 Å². The molecule has 0 fully saturated rings. The van der Waals surface area contributed by atoms with Crippen LogP contribution in [-0.4, -0.2) is 24.1 Å². The summed E-state index contributed by atoms with van der Waals surface area (Å²) in [5.74, 6) is 1.72. The molecule has 6 nitrogen and oxygen atoms in total. The molecule has 0 unspecified atom stereocenters. The van der Waals surface area contributed by atoms with Gasteiger partial charge in [-0.3, -0.25) is 0 Å². The molecule has 0 bridgehead atoms. The third kappa shape index (κ3) is 7.17. The normalized spacial score (nSPS) is 12.0. The van der Waals surface area contributed by atoms with Crippen molar-refractivity contribution in [3.8, 4) is 67.8 Å². The predicted octanol–water partition coefficient (Wildman–Crippen LogP) is 19.8. The van der Waals surface area contributed by atoms with Gasteiger partial charge in [-0.1, -0.05) is 206 Å². The van der Waals surface area contributed by atoms with Gasteiger partial charge in [-0.05, 0) is 110 Å². The van der Waals surface area contributed by atoms with Gasteiger partial charge >= 0.3 is 0 Å². The minimum atomic E-state index is 0.555. The summed E-state index contributed by atoms with van der Waals surface area (Å²) in [5, 5.41) is 13.7. The van der Waals surface area contributed by atoms with Crippen LogP contribution in [0.3, 0.4) is 0 Å². The largest absolute Gasteiger partial charge is 0.456 e. The quantitative estimate of drug-likeness (QED) is 0.160. The summed E-state index contributed by atoms with van der Waals surface area (Å²) >= 11 is 0. The molecule has 0 amide bonds. The van der Waals surface area contributed by atoms with Crippen molar-refractivity contribution in [2.45, 2.75) is 0 Å². The minimum absolute atomic E-state index is 0.555. The Hall–Kier alpha value is -11.0. The van der Waals surface area contributed by atoms with Gasteiger partial charge in [0.1, 0.15) is 11.2 Å². The van der Waals surface area contributed by atoms with Crippen LogP contribution in [-0.2, 0) is 0 Å². The standard InChI is InChI=1S/C75H45N5O/c1-2-22-55(23-3-1)79-65-29-12-10-25-58(65)60-39-38-54(43-67(60)79)74-76-73(53-37-32-46-16-4-5-18-50(46)40-53)77-75(78-74)61-28-15-31-70-72(61)64-44-62(49-35-33-48(34-36-49)57-27-14-21-47-17-8-9-24-56(47)57)69(45-71(64)81-70)80-66-30-13-11-26-59(66)63-41-51-19-6-7-20-52(51)42-68(63)80/h1-45H. The van der Waals surface area contributed by atoms with E-state index in [1.54, 1.807) is 0 Å². The molecule has 13 aromatic carbocycles. The molecule has 0 saturated heterocycles. The van der Waals surface area contributed by atoms with Gasteiger partial charge in [-0.15, -0.1) is 0 Å². The molecule has 0 spiro atoms. The Kier molecular flexibility index (Phi) is 9.91. The van der Waals surface area contributed by atoms with Crippen LogP contribution in [0.5, 0.6) is 0 Å². The summed E-state index contributed by atoms with van der Waals surface area (Å²) in [6, 6.07) is 97.7. The highest BCUT2D eigenvalue weighted by Crippen LogP contribution is 2.45. The number of fused-ring (bicyclic) bond motifs is 12. The van der Waals surface area contributed by atoms with Crippen LogP contribution in [0.4, 0.5) is 0 Å². The maximum absolute atomic E-state index is 7.08. The molecule has 4 aromatic heterocycles. The molecule has 81 heavy (non-hydrogen) atoms. The van der Waals surface area contributed by atoms with Gasteiger partial charge in [0.25, 0.3) is 0 Å². The summed E-state index contributed by atoms with van der Waals surface area (Å²) in [5.41, 5.74) is 15.2. The molecule has 4 heterocycles. The fourth-order valence-corrected chi connectivity index (χ4v) is 12.7. The van der Waals surface area contributed by atoms with Gasteiger partial charge in [0.2, 0.25) is 0 Å². The fraction of sp³-hybridized carbons (Fsp3) is 0. The minimum Gasteiger partial charge on any atom is -0.456 e. The van der Waals surface area contributed by atoms with Crippen molar-refractivity contribution in [2.24, 2.45) is 0 Å². The third-order valence-corrected chi connectivity index (χ3v) is 16.5. The molecule has 0 saturated carbocycles. The molecule has 0 N–H and O–H groups in total. The zero-order valence-electron chi connectivity index (χ0n) is 43.6. The van der Waals surface area contributed by atoms with E-state index in [1.807, 2.05) is 0 Å². The lowest BCUT2D eigenvalue weighted by Crippen LogP contribution is -2.01. The fourth-order valence-electron chi connectivity index (χ4n) is 12.7. The van der Waals surface area contributed by atoms with Gasteiger partial charge in [0.15, 0.2) is 17.5 Å². The molecular formula is C75H45N5O. The van der Waals surface area contributed by atoms with Crippen LogP contribution in [0.1, 0.15) is 0 Å². The Bertz CT molecular complexity index is 5410. The first-order valence-electron chi connectivity index (χ1n) is 27.5. The van der Waals surface area contributed by atoms with E-state index in [2.05, 4.69) is 282 Å². The molecule has 0 aliphatic heterocycles. The second-order valence-corrected chi connectivity index (χ2v) is 21.1. The molecule has 376 valence electrons. The first-order valence-corrected chi connectivity index (χ1v) is 27.5. The summed E-state index contributed by atoms with van der Waals surface area (Å²) in [7, 11) is 0. The van der Waals surface area contributed by atoms with Crippen molar-refractivity contribution in [3.63, 3.8) is 0 Å². The molecule has 17 rings (SSSR count). The van der Waals surface area contributed by atoms with Gasteiger partial charge < -0.3 is 13.6 Å². The van der Waals surface area contributed by atoms with E-state index in [0.29, 0.717) is 17.5 Å². The molecule has 0 radical (unpaired) electrons. The van der Waals surface area contributed by atoms with Crippen LogP contribution >= 0.6 is 0 Å². The Morgan fingerprint density at radius 1 is 0.259 bits per heavy atom. The summed E-state index contributed by atoms with van der Waals surface area (Å²) in [6.07, 6.45) is 0. The molecule has 17 aromatic rings. The molecule has 0 atom stereocenters. The van der Waals surface area contributed by atoms with Gasteiger partial charge in [0, 0.05) is 66.3 Å². The first kappa shape index (κ1) is 45.1. The van der Waals surface area contributed by atoms with E-state index >= 15 is 0 Å². The average molecular weight is 1030 g/mol. The Balaban J connectivity index is 0.912. The zero-order valence-corrected chi connectivity index (χ0v) is 43.6. The Labute approximate surface area is 464 Å². The van der Waals surface area contributed by atoms with Crippen molar-refractivity contribution < 1.29 is 4.42 Å². The molecule has 0 aliphatic carbocycles. The molecule has 0 aliphatic rings. The third-order valence-electron chi connectivity index (χ3n) is 16.5. The van der Waals surface area contributed by atoms with Crippen LogP contribution in [0.25, 0.3) is 166 Å². The molecular weight excluding hydrogens is 987 g/mol. The van der Waals surface area contributed by atoms with Gasteiger partial charge in [-0.25, -0.2) is 15.0 Å². The number of para-hydroxylation sites is 3. The summed E-state index contributed by atoms with van der Waals surface area (Å²) < 4.78 is 11.8. The predicted molar refractivity (Wildman–Crippen MR) is 335 cm³/mol. The maximum atomic E-state index is 7.08. The van der Waals surface area contributed by atoms with Crippen LogP contribution in [0, 0.1) is 0 Å². The SMILES string of the molecule is c1ccc(-n2c3ccccc3c3ccc(-c4nc(-c5ccc6ccccc6c5)nc(-c5cccc6oc7cc(-n8c9ccccc9c9cc%10ccccc%10cc98)c(-c8ccc(-c9cccc%10ccccc9%10)cc8)cc7c56)n4)cc32)cc1. The van der Waals surface area contributed by atoms with Gasteiger partial charge in [0.05, 0.1) is 27.8 Å². The number of rotatable bonds is 7. The number of nitrogens with zero attached hydrogens (tertiary/aromatic N) is 5. The Morgan fingerprint density at radius 3 is 1.57 bits per heavy atom. The van der Waals surface area contributed by atoms with Crippen molar-refractivity contribution in [2.75, 3.05) is 0 Å².